The lowest BCUT2D eigenvalue weighted by Crippen LogP contribution is -2.06. The van der Waals surface area contributed by atoms with Gasteiger partial charge in [0.1, 0.15) is 5.82 Å². The molecule has 1 heterocycles. The van der Waals surface area contributed by atoms with Gasteiger partial charge in [-0.05, 0) is 47.0 Å². The molecule has 0 bridgehead atoms. The second-order valence-electron chi connectivity index (χ2n) is 5.80. The zero-order chi connectivity index (χ0) is 19.1. The number of hydrogen-bond donors (Lipinski definition) is 1. The van der Waals surface area contributed by atoms with Crippen LogP contribution in [0.15, 0.2) is 72.9 Å². The Morgan fingerprint density at radius 2 is 1.63 bits per heavy atom. The van der Waals surface area contributed by atoms with E-state index in [0.29, 0.717) is 23.1 Å². The van der Waals surface area contributed by atoms with Crippen LogP contribution in [-0.2, 0) is 0 Å². The quantitative estimate of drug-likeness (QED) is 0.563. The number of methoxy groups -OCH3 is 2. The summed E-state index contributed by atoms with van der Waals surface area (Å²) in [5, 5.41) is 3.98. The third-order valence-electron chi connectivity index (χ3n) is 4.14. The van der Waals surface area contributed by atoms with Crippen LogP contribution in [0.1, 0.15) is 11.1 Å². The van der Waals surface area contributed by atoms with Crippen LogP contribution in [0.3, 0.4) is 0 Å². The molecular formula is C22H21ClN2O2. The minimum Gasteiger partial charge on any atom is -0.493 e. The second kappa shape index (κ2) is 9.10. The van der Waals surface area contributed by atoms with Crippen LogP contribution < -0.4 is 14.8 Å². The fourth-order valence-electron chi connectivity index (χ4n) is 2.74. The van der Waals surface area contributed by atoms with Gasteiger partial charge in [-0.2, -0.15) is 0 Å². The zero-order valence-electron chi connectivity index (χ0n) is 15.3. The van der Waals surface area contributed by atoms with Crippen molar-refractivity contribution in [2.24, 2.45) is 0 Å². The SMILES string of the molecule is COc1ccc(C(Cl)=C(CNc2ccccn2)c2ccccc2)cc1OC. The van der Waals surface area contributed by atoms with E-state index in [1.54, 1.807) is 20.4 Å². The van der Waals surface area contributed by atoms with Gasteiger partial charge in [-0.25, -0.2) is 4.98 Å². The lowest BCUT2D eigenvalue weighted by molar-refractivity contribution is 0.355. The van der Waals surface area contributed by atoms with Gasteiger partial charge in [-0.3, -0.25) is 0 Å². The fourth-order valence-corrected chi connectivity index (χ4v) is 3.03. The van der Waals surface area contributed by atoms with Crippen molar-refractivity contribution in [2.75, 3.05) is 26.1 Å². The first-order valence-electron chi connectivity index (χ1n) is 8.54. The molecule has 0 saturated carbocycles. The highest BCUT2D eigenvalue weighted by atomic mass is 35.5. The Bertz CT molecular complexity index is 912. The summed E-state index contributed by atoms with van der Waals surface area (Å²) >= 11 is 6.82. The molecule has 0 aliphatic carbocycles. The Balaban J connectivity index is 2.00. The van der Waals surface area contributed by atoms with Crippen molar-refractivity contribution in [2.45, 2.75) is 0 Å². The third-order valence-corrected chi connectivity index (χ3v) is 4.58. The summed E-state index contributed by atoms with van der Waals surface area (Å²) in [6.45, 7) is 0.536. The zero-order valence-corrected chi connectivity index (χ0v) is 16.0. The average Bonchev–Trinajstić information content (AvgIpc) is 2.74. The van der Waals surface area contributed by atoms with Crippen LogP contribution in [0, 0.1) is 0 Å². The molecule has 138 valence electrons. The standard InChI is InChI=1S/C22H21ClN2O2/c1-26-19-12-11-17(14-20(19)27-2)22(23)18(16-8-4-3-5-9-16)15-25-21-10-6-7-13-24-21/h3-14H,15H2,1-2H3,(H,24,25). The summed E-state index contributed by atoms with van der Waals surface area (Å²) < 4.78 is 10.7. The maximum absolute atomic E-state index is 6.82. The molecule has 3 rings (SSSR count). The molecule has 0 atom stereocenters. The van der Waals surface area contributed by atoms with E-state index < -0.39 is 0 Å². The summed E-state index contributed by atoms with van der Waals surface area (Å²) in [7, 11) is 3.22. The van der Waals surface area contributed by atoms with E-state index in [4.69, 9.17) is 21.1 Å². The molecule has 0 spiro atoms. The fraction of sp³-hybridized carbons (Fsp3) is 0.136. The topological polar surface area (TPSA) is 43.4 Å². The first-order valence-corrected chi connectivity index (χ1v) is 8.92. The van der Waals surface area contributed by atoms with Crippen LogP contribution in [0.25, 0.3) is 10.6 Å². The Hall–Kier alpha value is -2.98. The van der Waals surface area contributed by atoms with Crippen molar-refractivity contribution in [3.05, 3.63) is 84.1 Å². The van der Waals surface area contributed by atoms with E-state index in [-0.39, 0.29) is 0 Å². The van der Waals surface area contributed by atoms with Crippen molar-refractivity contribution in [3.8, 4) is 11.5 Å². The monoisotopic (exact) mass is 380 g/mol. The number of nitrogens with zero attached hydrogens (tertiary/aromatic N) is 1. The predicted octanol–water partition coefficient (Wildman–Crippen LogP) is 5.32. The van der Waals surface area contributed by atoms with E-state index in [1.165, 1.54) is 0 Å². The Kier molecular flexibility index (Phi) is 6.34. The number of ether oxygens (including phenoxy) is 2. The summed E-state index contributed by atoms with van der Waals surface area (Å²) in [6, 6.07) is 21.5. The van der Waals surface area contributed by atoms with Gasteiger partial charge in [0.05, 0.1) is 19.3 Å². The van der Waals surface area contributed by atoms with Crippen molar-refractivity contribution in [3.63, 3.8) is 0 Å². The summed E-state index contributed by atoms with van der Waals surface area (Å²) in [5.41, 5.74) is 2.87. The number of benzene rings is 2. The molecule has 0 saturated heterocycles. The highest BCUT2D eigenvalue weighted by Gasteiger charge is 2.13. The van der Waals surface area contributed by atoms with Gasteiger partial charge >= 0.3 is 0 Å². The molecule has 2 aromatic carbocycles. The van der Waals surface area contributed by atoms with E-state index >= 15 is 0 Å². The van der Waals surface area contributed by atoms with Crippen molar-refractivity contribution in [1.82, 2.24) is 4.98 Å². The Labute approximate surface area is 164 Å². The Morgan fingerprint density at radius 3 is 2.30 bits per heavy atom. The molecule has 0 aliphatic rings. The Morgan fingerprint density at radius 1 is 0.889 bits per heavy atom. The van der Waals surface area contributed by atoms with Gasteiger partial charge in [-0.15, -0.1) is 0 Å². The normalized spacial score (nSPS) is 11.5. The summed E-state index contributed by atoms with van der Waals surface area (Å²) in [5.74, 6) is 2.10. The van der Waals surface area contributed by atoms with E-state index in [2.05, 4.69) is 10.3 Å². The maximum Gasteiger partial charge on any atom is 0.161 e. The lowest BCUT2D eigenvalue weighted by Gasteiger charge is -2.15. The number of halogens is 1. The molecule has 4 nitrogen and oxygen atoms in total. The van der Waals surface area contributed by atoms with E-state index in [1.807, 2.05) is 66.7 Å². The third kappa shape index (κ3) is 4.60. The number of anilines is 1. The molecule has 27 heavy (non-hydrogen) atoms. The number of rotatable bonds is 7. The van der Waals surface area contributed by atoms with Crippen LogP contribution in [-0.4, -0.2) is 25.7 Å². The molecule has 1 aromatic heterocycles. The average molecular weight is 381 g/mol. The van der Waals surface area contributed by atoms with Crippen molar-refractivity contribution < 1.29 is 9.47 Å². The van der Waals surface area contributed by atoms with Crippen LogP contribution in [0.4, 0.5) is 5.82 Å². The number of nitrogens with one attached hydrogen (secondary N) is 1. The van der Waals surface area contributed by atoms with Crippen molar-refractivity contribution >= 4 is 28.0 Å². The van der Waals surface area contributed by atoms with Gasteiger partial charge in [0.25, 0.3) is 0 Å². The highest BCUT2D eigenvalue weighted by molar-refractivity contribution is 6.52. The molecule has 1 N–H and O–H groups in total. The van der Waals surface area contributed by atoms with Crippen molar-refractivity contribution in [1.29, 1.82) is 0 Å². The van der Waals surface area contributed by atoms with E-state index in [9.17, 15) is 0 Å². The summed E-state index contributed by atoms with van der Waals surface area (Å²) in [6.07, 6.45) is 1.75. The van der Waals surface area contributed by atoms with Crippen LogP contribution >= 0.6 is 11.6 Å². The predicted molar refractivity (Wildman–Crippen MR) is 111 cm³/mol. The molecule has 0 aliphatic heterocycles. The molecule has 3 aromatic rings. The molecule has 5 heteroatoms. The van der Waals surface area contributed by atoms with E-state index in [0.717, 1.165) is 22.5 Å². The van der Waals surface area contributed by atoms with Gasteiger partial charge in [0.15, 0.2) is 11.5 Å². The molecule has 0 fully saturated rings. The molecule has 0 unspecified atom stereocenters. The number of pyridine rings is 1. The largest absolute Gasteiger partial charge is 0.493 e. The lowest BCUT2D eigenvalue weighted by atomic mass is 10.0. The summed E-state index contributed by atoms with van der Waals surface area (Å²) in [4.78, 5) is 4.31. The number of hydrogen-bond acceptors (Lipinski definition) is 4. The second-order valence-corrected chi connectivity index (χ2v) is 6.17. The smallest absolute Gasteiger partial charge is 0.161 e. The molecule has 0 radical (unpaired) electrons. The maximum atomic E-state index is 6.82. The van der Waals surface area contributed by atoms with Gasteiger partial charge in [0, 0.05) is 12.7 Å². The molecule has 0 amide bonds. The minimum absolute atomic E-state index is 0.536. The first kappa shape index (κ1) is 18.8. The molecular weight excluding hydrogens is 360 g/mol. The van der Waals surface area contributed by atoms with Crippen LogP contribution in [0.2, 0.25) is 0 Å². The minimum atomic E-state index is 0.536. The van der Waals surface area contributed by atoms with Crippen LogP contribution in [0.5, 0.6) is 11.5 Å². The van der Waals surface area contributed by atoms with Gasteiger partial charge < -0.3 is 14.8 Å². The van der Waals surface area contributed by atoms with Gasteiger partial charge in [0.2, 0.25) is 0 Å². The number of aromatic nitrogens is 1. The van der Waals surface area contributed by atoms with Gasteiger partial charge in [-0.1, -0.05) is 48.0 Å². The first-order chi connectivity index (χ1) is 13.2. The highest BCUT2D eigenvalue weighted by Crippen LogP contribution is 2.35.